The molecule has 0 atom stereocenters. The molecule has 17 heavy (non-hydrogen) atoms. The molecule has 0 unspecified atom stereocenters. The lowest BCUT2D eigenvalue weighted by atomic mass is 10.2. The molecule has 3 rings (SSSR count). The third kappa shape index (κ3) is 2.61. The highest BCUT2D eigenvalue weighted by Gasteiger charge is 2.30. The summed E-state index contributed by atoms with van der Waals surface area (Å²) in [5.41, 5.74) is 7.15. The molecule has 2 heterocycles. The Bertz CT molecular complexity index is 379. The van der Waals surface area contributed by atoms with Crippen LogP contribution in [0.2, 0.25) is 0 Å². The van der Waals surface area contributed by atoms with Gasteiger partial charge in [0.1, 0.15) is 0 Å². The summed E-state index contributed by atoms with van der Waals surface area (Å²) in [7, 11) is 0. The Morgan fingerprint density at radius 1 is 1.29 bits per heavy atom. The number of hydrogen-bond donors (Lipinski definition) is 1. The molecule has 1 aromatic heterocycles. The van der Waals surface area contributed by atoms with Crippen LogP contribution in [0.4, 0.5) is 5.13 Å². The second-order valence-electron chi connectivity index (χ2n) is 4.74. The maximum atomic E-state index is 5.84. The summed E-state index contributed by atoms with van der Waals surface area (Å²) >= 11 is 3.88. The Kier molecular flexibility index (Phi) is 3.59. The Hall–Kier alpha value is -0.260. The maximum absolute atomic E-state index is 5.84. The van der Waals surface area contributed by atoms with E-state index in [1.807, 2.05) is 11.3 Å². The van der Waals surface area contributed by atoms with Crippen LogP contribution in [0.25, 0.3) is 0 Å². The van der Waals surface area contributed by atoms with Crippen LogP contribution < -0.4 is 10.6 Å². The van der Waals surface area contributed by atoms with Crippen LogP contribution in [-0.4, -0.2) is 29.6 Å². The van der Waals surface area contributed by atoms with Gasteiger partial charge in [0.2, 0.25) is 0 Å². The van der Waals surface area contributed by atoms with E-state index in [4.69, 9.17) is 10.7 Å². The van der Waals surface area contributed by atoms with Gasteiger partial charge in [-0.2, -0.15) is 11.8 Å². The van der Waals surface area contributed by atoms with E-state index in [0.717, 1.165) is 19.0 Å². The van der Waals surface area contributed by atoms with Gasteiger partial charge in [0.15, 0.2) is 5.13 Å². The van der Waals surface area contributed by atoms with Gasteiger partial charge < -0.3 is 10.6 Å². The Morgan fingerprint density at radius 3 is 2.94 bits per heavy atom. The van der Waals surface area contributed by atoms with E-state index in [1.165, 1.54) is 46.5 Å². The van der Waals surface area contributed by atoms with Crippen molar-refractivity contribution in [3.63, 3.8) is 0 Å². The fraction of sp³-hybridized carbons (Fsp3) is 0.750. The second kappa shape index (κ2) is 5.16. The lowest BCUT2D eigenvalue weighted by Crippen LogP contribution is -2.25. The number of hydrogen-bond acceptors (Lipinski definition) is 5. The van der Waals surface area contributed by atoms with Crippen molar-refractivity contribution in [3.8, 4) is 0 Å². The van der Waals surface area contributed by atoms with Crippen molar-refractivity contribution in [2.24, 2.45) is 5.73 Å². The predicted molar refractivity (Wildman–Crippen MR) is 76.1 cm³/mol. The summed E-state index contributed by atoms with van der Waals surface area (Å²) in [6, 6.07) is 0. The molecule has 0 spiro atoms. The van der Waals surface area contributed by atoms with Crippen molar-refractivity contribution in [2.45, 2.75) is 31.7 Å². The van der Waals surface area contributed by atoms with Gasteiger partial charge in [-0.15, -0.1) is 11.3 Å². The molecule has 1 aliphatic heterocycles. The number of rotatable bonds is 3. The molecule has 0 radical (unpaired) electrons. The van der Waals surface area contributed by atoms with E-state index in [0.29, 0.717) is 6.54 Å². The summed E-state index contributed by atoms with van der Waals surface area (Å²) in [5, 5.41) is 1.22. The average molecular weight is 269 g/mol. The molecular weight excluding hydrogens is 250 g/mol. The SMILES string of the molecule is NCc1sc(N2CCCSCC2)nc1C1CC1. The van der Waals surface area contributed by atoms with Gasteiger partial charge in [0, 0.05) is 36.2 Å². The molecule has 0 aromatic carbocycles. The van der Waals surface area contributed by atoms with E-state index < -0.39 is 0 Å². The normalized spacial score (nSPS) is 21.6. The average Bonchev–Trinajstić information content (AvgIpc) is 3.14. The summed E-state index contributed by atoms with van der Waals surface area (Å²) in [5.74, 6) is 3.25. The standard InChI is InChI=1S/C12H19N3S2/c13-8-10-11(9-2-3-9)14-12(17-10)15-4-1-6-16-7-5-15/h9H,1-8,13H2. The lowest BCUT2D eigenvalue weighted by molar-refractivity contribution is 0.807. The van der Waals surface area contributed by atoms with Crippen molar-refractivity contribution in [2.75, 3.05) is 29.5 Å². The molecule has 1 saturated heterocycles. The van der Waals surface area contributed by atoms with Crippen molar-refractivity contribution < 1.29 is 0 Å². The number of anilines is 1. The van der Waals surface area contributed by atoms with Gasteiger partial charge in [0.05, 0.1) is 5.69 Å². The van der Waals surface area contributed by atoms with Crippen LogP contribution in [0.5, 0.6) is 0 Å². The highest BCUT2D eigenvalue weighted by atomic mass is 32.2. The van der Waals surface area contributed by atoms with Crippen molar-refractivity contribution in [1.82, 2.24) is 4.98 Å². The Balaban J connectivity index is 1.81. The smallest absolute Gasteiger partial charge is 0.185 e. The van der Waals surface area contributed by atoms with E-state index in [2.05, 4.69) is 16.7 Å². The molecule has 2 N–H and O–H groups in total. The van der Waals surface area contributed by atoms with Crippen LogP contribution in [0.1, 0.15) is 35.8 Å². The van der Waals surface area contributed by atoms with Crippen LogP contribution in [0.15, 0.2) is 0 Å². The molecular formula is C12H19N3S2. The van der Waals surface area contributed by atoms with E-state index >= 15 is 0 Å². The van der Waals surface area contributed by atoms with Crippen LogP contribution in [-0.2, 0) is 6.54 Å². The minimum atomic E-state index is 0.659. The summed E-state index contributed by atoms with van der Waals surface area (Å²) in [4.78, 5) is 8.64. The van der Waals surface area contributed by atoms with Crippen molar-refractivity contribution in [1.29, 1.82) is 0 Å². The zero-order valence-corrected chi connectivity index (χ0v) is 11.7. The first-order chi connectivity index (χ1) is 8.38. The van der Waals surface area contributed by atoms with Gasteiger partial charge in [-0.25, -0.2) is 4.98 Å². The molecule has 1 aromatic rings. The first-order valence-electron chi connectivity index (χ1n) is 6.41. The van der Waals surface area contributed by atoms with Gasteiger partial charge in [-0.3, -0.25) is 0 Å². The Labute approximate surface area is 111 Å². The lowest BCUT2D eigenvalue weighted by Gasteiger charge is -2.18. The largest absolute Gasteiger partial charge is 0.347 e. The summed E-state index contributed by atoms with van der Waals surface area (Å²) in [6.45, 7) is 2.97. The van der Waals surface area contributed by atoms with Crippen molar-refractivity contribution >= 4 is 28.2 Å². The molecule has 3 nitrogen and oxygen atoms in total. The zero-order valence-electron chi connectivity index (χ0n) is 10.0. The van der Waals surface area contributed by atoms with Gasteiger partial charge in [-0.1, -0.05) is 0 Å². The first kappa shape index (κ1) is 11.8. The number of aromatic nitrogens is 1. The van der Waals surface area contributed by atoms with Crippen LogP contribution >= 0.6 is 23.1 Å². The van der Waals surface area contributed by atoms with E-state index in [9.17, 15) is 0 Å². The fourth-order valence-electron chi connectivity index (χ4n) is 2.25. The monoisotopic (exact) mass is 269 g/mol. The van der Waals surface area contributed by atoms with Gasteiger partial charge >= 0.3 is 0 Å². The molecule has 0 bridgehead atoms. The quantitative estimate of drug-likeness (QED) is 0.915. The Morgan fingerprint density at radius 2 is 2.18 bits per heavy atom. The maximum Gasteiger partial charge on any atom is 0.185 e. The minimum absolute atomic E-state index is 0.659. The minimum Gasteiger partial charge on any atom is -0.347 e. The highest BCUT2D eigenvalue weighted by molar-refractivity contribution is 7.99. The zero-order chi connectivity index (χ0) is 11.7. The molecule has 1 aliphatic carbocycles. The second-order valence-corrected chi connectivity index (χ2v) is 7.02. The molecule has 5 heteroatoms. The number of thiazole rings is 1. The number of nitrogens with two attached hydrogens (primary N) is 1. The van der Waals surface area contributed by atoms with Crippen molar-refractivity contribution in [3.05, 3.63) is 10.6 Å². The van der Waals surface area contributed by atoms with E-state index in [-0.39, 0.29) is 0 Å². The molecule has 0 amide bonds. The van der Waals surface area contributed by atoms with Crippen LogP contribution in [0.3, 0.4) is 0 Å². The molecule has 1 saturated carbocycles. The molecule has 2 fully saturated rings. The van der Waals surface area contributed by atoms with Gasteiger partial charge in [0.25, 0.3) is 0 Å². The third-order valence-corrected chi connectivity index (χ3v) is 5.56. The predicted octanol–water partition coefficient (Wildman–Crippen LogP) is 2.42. The topological polar surface area (TPSA) is 42.1 Å². The molecule has 2 aliphatic rings. The fourth-order valence-corrected chi connectivity index (χ4v) is 4.21. The van der Waals surface area contributed by atoms with Gasteiger partial charge in [-0.05, 0) is 25.0 Å². The number of nitrogens with zero attached hydrogens (tertiary/aromatic N) is 2. The molecule has 94 valence electrons. The summed E-state index contributed by atoms with van der Waals surface area (Å²) in [6.07, 6.45) is 3.90. The highest BCUT2D eigenvalue weighted by Crippen LogP contribution is 2.44. The van der Waals surface area contributed by atoms with E-state index in [1.54, 1.807) is 0 Å². The van der Waals surface area contributed by atoms with Crippen LogP contribution in [0, 0.1) is 0 Å². The first-order valence-corrected chi connectivity index (χ1v) is 8.38. The number of thioether (sulfide) groups is 1. The summed E-state index contributed by atoms with van der Waals surface area (Å²) < 4.78 is 0. The third-order valence-electron chi connectivity index (χ3n) is 3.36.